The van der Waals surface area contributed by atoms with E-state index in [4.69, 9.17) is 21.3 Å². The van der Waals surface area contributed by atoms with Crippen molar-refractivity contribution in [2.45, 2.75) is 19.9 Å². The lowest BCUT2D eigenvalue weighted by atomic mass is 10.1. The summed E-state index contributed by atoms with van der Waals surface area (Å²) in [7, 11) is 0. The molecule has 0 atom stereocenters. The van der Waals surface area contributed by atoms with Gasteiger partial charge >= 0.3 is 0 Å². The first-order chi connectivity index (χ1) is 12.7. The predicted molar refractivity (Wildman–Crippen MR) is 107 cm³/mol. The number of aryl methyl sites for hydroxylation is 2. The molecular weight excluding hydrogens is 346 g/mol. The summed E-state index contributed by atoms with van der Waals surface area (Å²) >= 11 is 6.27. The lowest BCUT2D eigenvalue weighted by molar-refractivity contribution is 0.0370. The van der Waals surface area contributed by atoms with E-state index in [1.165, 1.54) is 11.1 Å². The van der Waals surface area contributed by atoms with Gasteiger partial charge in [0.1, 0.15) is 5.82 Å². The van der Waals surface area contributed by atoms with E-state index < -0.39 is 0 Å². The predicted octanol–water partition coefficient (Wildman–Crippen LogP) is 4.39. The summed E-state index contributed by atoms with van der Waals surface area (Å²) in [5.41, 5.74) is 4.53. The van der Waals surface area contributed by atoms with Crippen molar-refractivity contribution in [3.05, 3.63) is 53.1 Å². The second-order valence-corrected chi connectivity index (χ2v) is 7.28. The van der Waals surface area contributed by atoms with Gasteiger partial charge < -0.3 is 9.30 Å². The van der Waals surface area contributed by atoms with Crippen LogP contribution < -0.4 is 0 Å². The van der Waals surface area contributed by atoms with Gasteiger partial charge in [-0.1, -0.05) is 35.9 Å². The molecule has 0 radical (unpaired) electrons. The van der Waals surface area contributed by atoms with Gasteiger partial charge in [-0.25, -0.2) is 4.98 Å². The molecule has 0 bridgehead atoms. The molecule has 2 aromatic carbocycles. The van der Waals surface area contributed by atoms with Crippen LogP contribution in [-0.4, -0.2) is 47.3 Å². The van der Waals surface area contributed by atoms with E-state index in [9.17, 15) is 0 Å². The average Bonchev–Trinajstić information content (AvgIpc) is 3.01. The van der Waals surface area contributed by atoms with Crippen LogP contribution in [0.4, 0.5) is 0 Å². The maximum absolute atomic E-state index is 6.27. The molecule has 1 aliphatic heterocycles. The zero-order valence-corrected chi connectivity index (χ0v) is 15.9. The highest BCUT2D eigenvalue weighted by atomic mass is 35.5. The van der Waals surface area contributed by atoms with Crippen LogP contribution in [0.5, 0.6) is 0 Å². The fraction of sp³-hybridized carbons (Fsp3) is 0.381. The van der Waals surface area contributed by atoms with Crippen LogP contribution in [0.2, 0.25) is 5.02 Å². The van der Waals surface area contributed by atoms with Crippen molar-refractivity contribution in [3.8, 4) is 11.4 Å². The molecule has 4 nitrogen and oxygen atoms in total. The number of imidazole rings is 1. The van der Waals surface area contributed by atoms with Crippen molar-refractivity contribution in [2.24, 2.45) is 0 Å². The standard InChI is InChI=1S/C21H24ClN3O/c1-16-5-2-3-6-18(16)21-23-19-8-7-17(22)15-20(19)25(21)10-4-9-24-11-13-26-14-12-24/h2-3,5-8,15H,4,9-14H2,1H3. The summed E-state index contributed by atoms with van der Waals surface area (Å²) in [6.45, 7) is 7.90. The van der Waals surface area contributed by atoms with E-state index in [0.29, 0.717) is 0 Å². The quantitative estimate of drug-likeness (QED) is 0.668. The monoisotopic (exact) mass is 369 g/mol. The second-order valence-electron chi connectivity index (χ2n) is 6.84. The van der Waals surface area contributed by atoms with Crippen LogP contribution >= 0.6 is 11.6 Å². The van der Waals surface area contributed by atoms with Crippen molar-refractivity contribution in [2.75, 3.05) is 32.8 Å². The Hall–Kier alpha value is -1.88. The number of hydrogen-bond acceptors (Lipinski definition) is 3. The number of benzene rings is 2. The van der Waals surface area contributed by atoms with Crippen molar-refractivity contribution < 1.29 is 4.74 Å². The molecule has 0 saturated carbocycles. The van der Waals surface area contributed by atoms with E-state index in [2.05, 4.69) is 40.7 Å². The number of ether oxygens (including phenoxy) is 1. The minimum atomic E-state index is 0.753. The Morgan fingerprint density at radius 1 is 1.08 bits per heavy atom. The minimum Gasteiger partial charge on any atom is -0.379 e. The van der Waals surface area contributed by atoms with E-state index in [-0.39, 0.29) is 0 Å². The molecule has 5 heteroatoms. The van der Waals surface area contributed by atoms with Crippen LogP contribution in [0.1, 0.15) is 12.0 Å². The molecule has 1 aliphatic rings. The van der Waals surface area contributed by atoms with Crippen LogP contribution in [0.25, 0.3) is 22.4 Å². The summed E-state index contributed by atoms with van der Waals surface area (Å²) in [5, 5.41) is 0.753. The van der Waals surface area contributed by atoms with Crippen LogP contribution in [-0.2, 0) is 11.3 Å². The third-order valence-corrected chi connectivity index (χ3v) is 5.29. The van der Waals surface area contributed by atoms with E-state index >= 15 is 0 Å². The fourth-order valence-electron chi connectivity index (χ4n) is 3.63. The smallest absolute Gasteiger partial charge is 0.141 e. The highest BCUT2D eigenvalue weighted by Crippen LogP contribution is 2.29. The van der Waals surface area contributed by atoms with Gasteiger partial charge in [-0.3, -0.25) is 4.90 Å². The first-order valence-corrected chi connectivity index (χ1v) is 9.62. The van der Waals surface area contributed by atoms with Gasteiger partial charge in [-0.05, 0) is 37.1 Å². The molecule has 3 aromatic rings. The van der Waals surface area contributed by atoms with Gasteiger partial charge in [0.05, 0.1) is 24.2 Å². The SMILES string of the molecule is Cc1ccccc1-c1nc2ccc(Cl)cc2n1CCCN1CCOCC1. The zero-order chi connectivity index (χ0) is 17.9. The fourth-order valence-corrected chi connectivity index (χ4v) is 3.80. The molecule has 0 N–H and O–H groups in total. The lowest BCUT2D eigenvalue weighted by Gasteiger charge is -2.26. The third kappa shape index (κ3) is 3.63. The molecule has 0 unspecified atom stereocenters. The van der Waals surface area contributed by atoms with Crippen molar-refractivity contribution in [1.82, 2.24) is 14.5 Å². The number of rotatable bonds is 5. The summed E-state index contributed by atoms with van der Waals surface area (Å²) in [4.78, 5) is 7.40. The Morgan fingerprint density at radius 2 is 1.88 bits per heavy atom. The lowest BCUT2D eigenvalue weighted by Crippen LogP contribution is -2.37. The number of hydrogen-bond donors (Lipinski definition) is 0. The van der Waals surface area contributed by atoms with E-state index in [1.54, 1.807) is 0 Å². The summed E-state index contributed by atoms with van der Waals surface area (Å²) in [5.74, 6) is 1.03. The largest absolute Gasteiger partial charge is 0.379 e. The zero-order valence-electron chi connectivity index (χ0n) is 15.1. The Kier molecular flexibility index (Phi) is 5.25. The third-order valence-electron chi connectivity index (χ3n) is 5.06. The van der Waals surface area contributed by atoms with Crippen LogP contribution in [0.15, 0.2) is 42.5 Å². The molecule has 1 aromatic heterocycles. The molecule has 1 fully saturated rings. The van der Waals surface area contributed by atoms with E-state index in [1.807, 2.05) is 18.2 Å². The first-order valence-electron chi connectivity index (χ1n) is 9.24. The molecule has 26 heavy (non-hydrogen) atoms. The van der Waals surface area contributed by atoms with Gasteiger partial charge in [0.15, 0.2) is 0 Å². The molecular formula is C21H24ClN3O. The Bertz CT molecular complexity index is 899. The molecule has 0 spiro atoms. The minimum absolute atomic E-state index is 0.753. The maximum atomic E-state index is 6.27. The molecule has 0 amide bonds. The number of fused-ring (bicyclic) bond motifs is 1. The van der Waals surface area contributed by atoms with Crippen molar-refractivity contribution in [3.63, 3.8) is 0 Å². The van der Waals surface area contributed by atoms with Crippen molar-refractivity contribution in [1.29, 1.82) is 0 Å². The Balaban J connectivity index is 1.65. The highest BCUT2D eigenvalue weighted by Gasteiger charge is 2.15. The average molecular weight is 370 g/mol. The number of aromatic nitrogens is 2. The van der Waals surface area contributed by atoms with Crippen LogP contribution in [0.3, 0.4) is 0 Å². The van der Waals surface area contributed by atoms with Gasteiger partial charge in [-0.15, -0.1) is 0 Å². The summed E-state index contributed by atoms with van der Waals surface area (Å²) < 4.78 is 7.76. The molecule has 1 saturated heterocycles. The Morgan fingerprint density at radius 3 is 2.69 bits per heavy atom. The van der Waals surface area contributed by atoms with Crippen molar-refractivity contribution >= 4 is 22.6 Å². The molecule has 136 valence electrons. The van der Waals surface area contributed by atoms with Gasteiger partial charge in [0.25, 0.3) is 0 Å². The normalized spacial score (nSPS) is 15.6. The second kappa shape index (κ2) is 7.78. The first kappa shape index (κ1) is 17.5. The number of morpholine rings is 1. The molecule has 0 aliphatic carbocycles. The van der Waals surface area contributed by atoms with E-state index in [0.717, 1.165) is 67.7 Å². The summed E-state index contributed by atoms with van der Waals surface area (Å²) in [6.07, 6.45) is 1.08. The molecule has 2 heterocycles. The topological polar surface area (TPSA) is 30.3 Å². The van der Waals surface area contributed by atoms with Gasteiger partial charge in [-0.2, -0.15) is 0 Å². The number of nitrogens with zero attached hydrogens (tertiary/aromatic N) is 3. The van der Waals surface area contributed by atoms with Gasteiger partial charge in [0.2, 0.25) is 0 Å². The van der Waals surface area contributed by atoms with Gasteiger partial charge in [0, 0.05) is 36.8 Å². The number of halogens is 1. The molecule has 4 rings (SSSR count). The maximum Gasteiger partial charge on any atom is 0.141 e. The summed E-state index contributed by atoms with van der Waals surface area (Å²) in [6, 6.07) is 14.4. The highest BCUT2D eigenvalue weighted by molar-refractivity contribution is 6.31. The Labute approximate surface area is 159 Å². The van der Waals surface area contributed by atoms with Crippen LogP contribution in [0, 0.1) is 6.92 Å².